The molecular weight excluding hydrogens is 358 g/mol. The summed E-state index contributed by atoms with van der Waals surface area (Å²) < 4.78 is 6.68. The Morgan fingerprint density at radius 1 is 1.21 bits per heavy atom. The number of methoxy groups -OCH3 is 1. The van der Waals surface area contributed by atoms with E-state index in [1.165, 1.54) is 18.1 Å². The zero-order valence-corrected chi connectivity index (χ0v) is 15.8. The van der Waals surface area contributed by atoms with Gasteiger partial charge in [0.1, 0.15) is 6.33 Å². The lowest BCUT2D eigenvalue weighted by Gasteiger charge is -2.60. The van der Waals surface area contributed by atoms with Crippen LogP contribution in [0.5, 0.6) is 0 Å². The minimum Gasteiger partial charge on any atom is -0.469 e. The largest absolute Gasteiger partial charge is 0.469 e. The third-order valence-electron chi connectivity index (χ3n) is 6.78. The molecule has 0 saturated heterocycles. The number of nitrogens with zero attached hydrogens (tertiary/aromatic N) is 4. The fraction of sp³-hybridized carbons (Fsp3) is 0.550. The predicted molar refractivity (Wildman–Crippen MR) is 98.5 cm³/mol. The summed E-state index contributed by atoms with van der Waals surface area (Å²) >= 11 is 0. The van der Waals surface area contributed by atoms with Crippen molar-refractivity contribution in [1.82, 2.24) is 25.5 Å². The van der Waals surface area contributed by atoms with E-state index in [1.54, 1.807) is 12.1 Å². The number of carbonyl (C=O) groups excluding carboxylic acids is 2. The van der Waals surface area contributed by atoms with E-state index in [0.717, 1.165) is 37.8 Å². The lowest BCUT2D eigenvalue weighted by atomic mass is 9.47. The molecule has 2 aromatic rings. The van der Waals surface area contributed by atoms with Gasteiger partial charge in [-0.3, -0.25) is 9.59 Å². The van der Waals surface area contributed by atoms with Gasteiger partial charge in [-0.05, 0) is 79.0 Å². The SMILES string of the molecule is COC(=O)C12C[C@@H]3C[C@@H](CC(NC(=O)c4cccc(-n5cnnn5)c4)(C3)C1)C2. The molecule has 1 aromatic carbocycles. The van der Waals surface area contributed by atoms with Crippen molar-refractivity contribution < 1.29 is 14.3 Å². The molecule has 4 aliphatic carbocycles. The molecule has 6 rings (SSSR count). The fourth-order valence-electron chi connectivity index (χ4n) is 6.25. The van der Waals surface area contributed by atoms with Crippen molar-refractivity contribution >= 4 is 11.9 Å². The van der Waals surface area contributed by atoms with Crippen molar-refractivity contribution in [2.45, 2.75) is 44.1 Å². The van der Waals surface area contributed by atoms with Crippen molar-refractivity contribution in [3.05, 3.63) is 36.2 Å². The predicted octanol–water partition coefficient (Wildman–Crippen LogP) is 1.90. The fourth-order valence-corrected chi connectivity index (χ4v) is 6.25. The first-order valence-electron chi connectivity index (χ1n) is 9.75. The lowest BCUT2D eigenvalue weighted by molar-refractivity contribution is -0.171. The minimum atomic E-state index is -0.430. The summed E-state index contributed by atoms with van der Waals surface area (Å²) in [5, 5.41) is 14.5. The Kier molecular flexibility index (Phi) is 3.79. The van der Waals surface area contributed by atoms with Crippen LogP contribution in [0.4, 0.5) is 0 Å². The van der Waals surface area contributed by atoms with E-state index in [2.05, 4.69) is 20.8 Å². The van der Waals surface area contributed by atoms with E-state index in [9.17, 15) is 9.59 Å². The number of nitrogens with one attached hydrogen (secondary N) is 1. The van der Waals surface area contributed by atoms with Gasteiger partial charge in [-0.1, -0.05) is 6.07 Å². The van der Waals surface area contributed by atoms with Crippen LogP contribution in [0.2, 0.25) is 0 Å². The molecule has 8 heteroatoms. The van der Waals surface area contributed by atoms with Crippen LogP contribution >= 0.6 is 0 Å². The summed E-state index contributed by atoms with van der Waals surface area (Å²) in [5.74, 6) is 0.735. The normalized spacial score (nSPS) is 32.9. The molecule has 4 fully saturated rings. The van der Waals surface area contributed by atoms with Crippen molar-refractivity contribution in [3.8, 4) is 5.69 Å². The second kappa shape index (κ2) is 6.12. The Morgan fingerprint density at radius 3 is 2.68 bits per heavy atom. The summed E-state index contributed by atoms with van der Waals surface area (Å²) in [6, 6.07) is 7.24. The Labute approximate surface area is 162 Å². The average Bonchev–Trinajstić information content (AvgIpc) is 3.21. The van der Waals surface area contributed by atoms with Crippen LogP contribution in [-0.2, 0) is 9.53 Å². The first-order chi connectivity index (χ1) is 13.5. The first kappa shape index (κ1) is 17.3. The topological polar surface area (TPSA) is 99.0 Å². The Bertz CT molecular complexity index is 912. The number of rotatable bonds is 4. The van der Waals surface area contributed by atoms with Gasteiger partial charge in [0, 0.05) is 11.1 Å². The maximum Gasteiger partial charge on any atom is 0.311 e. The highest BCUT2D eigenvalue weighted by atomic mass is 16.5. The van der Waals surface area contributed by atoms with Crippen molar-refractivity contribution in [1.29, 1.82) is 0 Å². The van der Waals surface area contributed by atoms with E-state index in [4.69, 9.17) is 4.74 Å². The zero-order valence-electron chi connectivity index (χ0n) is 15.8. The third-order valence-corrected chi connectivity index (χ3v) is 6.78. The maximum absolute atomic E-state index is 13.1. The van der Waals surface area contributed by atoms with Gasteiger partial charge < -0.3 is 10.1 Å². The number of amides is 1. The van der Waals surface area contributed by atoms with Gasteiger partial charge in [0.2, 0.25) is 0 Å². The third kappa shape index (κ3) is 2.70. The molecule has 1 aromatic heterocycles. The van der Waals surface area contributed by atoms with Crippen LogP contribution in [0.25, 0.3) is 5.69 Å². The summed E-state index contributed by atoms with van der Waals surface area (Å²) in [7, 11) is 1.47. The van der Waals surface area contributed by atoms with Crippen LogP contribution < -0.4 is 5.32 Å². The van der Waals surface area contributed by atoms with Gasteiger partial charge >= 0.3 is 5.97 Å². The van der Waals surface area contributed by atoms with E-state index in [0.29, 0.717) is 23.8 Å². The highest BCUT2D eigenvalue weighted by molar-refractivity contribution is 5.95. The maximum atomic E-state index is 13.1. The van der Waals surface area contributed by atoms with Gasteiger partial charge in [0.05, 0.1) is 18.2 Å². The number of carbonyl (C=O) groups is 2. The van der Waals surface area contributed by atoms with E-state index in [1.807, 2.05) is 12.1 Å². The smallest absolute Gasteiger partial charge is 0.311 e. The zero-order chi connectivity index (χ0) is 19.4. The number of ether oxygens (including phenoxy) is 1. The summed E-state index contributed by atoms with van der Waals surface area (Å²) in [4.78, 5) is 25.7. The van der Waals surface area contributed by atoms with Gasteiger partial charge in [0.15, 0.2) is 0 Å². The molecule has 1 amide bonds. The van der Waals surface area contributed by atoms with Crippen molar-refractivity contribution in [2.75, 3.05) is 7.11 Å². The Balaban J connectivity index is 1.41. The standard InChI is InChI=1S/C20H23N5O3/c1-28-18(27)19-7-13-5-14(8-19)10-20(9-13,11-19)22-17(26)15-3-2-4-16(6-15)25-12-21-23-24-25/h2-4,6,12-14H,5,7-11H2,1H3,(H,22,26)/t13-,14+,19?,20?. The summed E-state index contributed by atoms with van der Waals surface area (Å²) in [6.07, 6.45) is 7.01. The highest BCUT2D eigenvalue weighted by Crippen LogP contribution is 2.62. The van der Waals surface area contributed by atoms with Crippen LogP contribution in [0.1, 0.15) is 48.9 Å². The van der Waals surface area contributed by atoms with E-state index >= 15 is 0 Å². The summed E-state index contributed by atoms with van der Waals surface area (Å²) in [5.41, 5.74) is 0.547. The van der Waals surface area contributed by atoms with Crippen LogP contribution in [0, 0.1) is 17.3 Å². The number of hydrogen-bond acceptors (Lipinski definition) is 6. The number of aromatic nitrogens is 4. The molecule has 146 valence electrons. The Hall–Kier alpha value is -2.77. The average molecular weight is 381 g/mol. The molecule has 28 heavy (non-hydrogen) atoms. The molecule has 4 bridgehead atoms. The second-order valence-corrected chi connectivity index (χ2v) is 8.77. The quantitative estimate of drug-likeness (QED) is 0.812. The first-order valence-corrected chi connectivity index (χ1v) is 9.75. The van der Waals surface area contributed by atoms with Gasteiger partial charge in [0.25, 0.3) is 5.91 Å². The molecule has 8 nitrogen and oxygen atoms in total. The summed E-state index contributed by atoms with van der Waals surface area (Å²) in [6.45, 7) is 0. The molecule has 4 atom stereocenters. The molecule has 0 aliphatic heterocycles. The number of esters is 1. The molecule has 1 heterocycles. The molecule has 2 unspecified atom stereocenters. The van der Waals surface area contributed by atoms with Gasteiger partial charge in [-0.2, -0.15) is 0 Å². The second-order valence-electron chi connectivity index (χ2n) is 8.77. The molecule has 0 spiro atoms. The van der Waals surface area contributed by atoms with Gasteiger partial charge in [-0.15, -0.1) is 5.10 Å². The van der Waals surface area contributed by atoms with Crippen LogP contribution in [-0.4, -0.2) is 44.7 Å². The van der Waals surface area contributed by atoms with E-state index in [-0.39, 0.29) is 17.4 Å². The van der Waals surface area contributed by atoms with Crippen LogP contribution in [0.3, 0.4) is 0 Å². The van der Waals surface area contributed by atoms with E-state index < -0.39 is 5.41 Å². The van der Waals surface area contributed by atoms with Crippen molar-refractivity contribution in [2.24, 2.45) is 17.3 Å². The molecule has 4 aliphatic rings. The monoisotopic (exact) mass is 381 g/mol. The highest BCUT2D eigenvalue weighted by Gasteiger charge is 2.61. The number of benzene rings is 1. The molecule has 4 saturated carbocycles. The number of hydrogen-bond donors (Lipinski definition) is 1. The van der Waals surface area contributed by atoms with Crippen LogP contribution in [0.15, 0.2) is 30.6 Å². The van der Waals surface area contributed by atoms with Crippen molar-refractivity contribution in [3.63, 3.8) is 0 Å². The lowest BCUT2D eigenvalue weighted by Crippen LogP contribution is -2.64. The Morgan fingerprint density at radius 2 is 2.00 bits per heavy atom. The molecule has 0 radical (unpaired) electrons. The molecule has 1 N–H and O–H groups in total. The van der Waals surface area contributed by atoms with Gasteiger partial charge in [-0.25, -0.2) is 4.68 Å². The minimum absolute atomic E-state index is 0.110. The molecular formula is C20H23N5O3. The number of tetrazole rings is 1.